The molecule has 3 N–H and O–H groups in total. The maximum Gasteiger partial charge on any atom is 0.307 e. The van der Waals surface area contributed by atoms with Gasteiger partial charge in [-0.1, -0.05) is 19.9 Å². The molecule has 0 spiro atoms. The zero-order chi connectivity index (χ0) is 12.0. The number of carboxylic acids is 1. The fraction of sp³-hybridized carbons (Fsp3) is 0.636. The van der Waals surface area contributed by atoms with Crippen LogP contribution in [0.15, 0.2) is 12.7 Å². The molecule has 0 aliphatic carbocycles. The Balaban J connectivity index is 4.74. The van der Waals surface area contributed by atoms with Gasteiger partial charge in [-0.15, -0.1) is 6.58 Å². The minimum absolute atomic E-state index is 0.245. The molecule has 0 bridgehead atoms. The molecule has 15 heavy (non-hydrogen) atoms. The molecule has 0 heterocycles. The van der Waals surface area contributed by atoms with Crippen LogP contribution in [0.5, 0.6) is 0 Å². The van der Waals surface area contributed by atoms with Gasteiger partial charge in [-0.25, -0.2) is 0 Å². The Kier molecular flexibility index (Phi) is 5.67. The second-order valence-corrected chi connectivity index (χ2v) is 4.11. The summed E-state index contributed by atoms with van der Waals surface area (Å²) in [5.41, 5.74) is 5.22. The van der Waals surface area contributed by atoms with E-state index >= 15 is 0 Å². The molecule has 0 fully saturated rings. The number of nitrogens with two attached hydrogens (primary N) is 1. The molecular weight excluding hydrogens is 194 g/mol. The van der Waals surface area contributed by atoms with Crippen molar-refractivity contribution in [3.8, 4) is 0 Å². The van der Waals surface area contributed by atoms with Crippen LogP contribution in [0, 0.1) is 17.8 Å². The van der Waals surface area contributed by atoms with Gasteiger partial charge in [-0.3, -0.25) is 9.59 Å². The number of carboxylic acid groups (broad SMARTS) is 1. The number of allylic oxidation sites excluding steroid dienone is 1. The number of amides is 1. The van der Waals surface area contributed by atoms with E-state index in [4.69, 9.17) is 10.8 Å². The van der Waals surface area contributed by atoms with E-state index in [1.165, 1.54) is 6.08 Å². The molecule has 0 aromatic rings. The lowest BCUT2D eigenvalue weighted by Gasteiger charge is -2.21. The van der Waals surface area contributed by atoms with E-state index in [0.717, 1.165) is 0 Å². The molecule has 0 unspecified atom stereocenters. The Morgan fingerprint density at radius 1 is 1.40 bits per heavy atom. The van der Waals surface area contributed by atoms with Crippen molar-refractivity contribution in [1.82, 2.24) is 0 Å². The summed E-state index contributed by atoms with van der Waals surface area (Å²) in [7, 11) is 0. The van der Waals surface area contributed by atoms with Crippen LogP contribution in [0.1, 0.15) is 26.7 Å². The topological polar surface area (TPSA) is 80.4 Å². The van der Waals surface area contributed by atoms with E-state index in [-0.39, 0.29) is 12.3 Å². The predicted molar refractivity (Wildman–Crippen MR) is 58.1 cm³/mol. The van der Waals surface area contributed by atoms with Crippen LogP contribution in [0.4, 0.5) is 0 Å². The third-order valence-corrected chi connectivity index (χ3v) is 2.31. The summed E-state index contributed by atoms with van der Waals surface area (Å²) >= 11 is 0. The molecule has 0 rings (SSSR count). The molecule has 0 aliphatic rings. The highest BCUT2D eigenvalue weighted by Crippen LogP contribution is 2.23. The van der Waals surface area contributed by atoms with Gasteiger partial charge in [0.2, 0.25) is 5.91 Å². The van der Waals surface area contributed by atoms with Crippen LogP contribution in [-0.2, 0) is 9.59 Å². The zero-order valence-electron chi connectivity index (χ0n) is 9.27. The molecule has 86 valence electrons. The van der Waals surface area contributed by atoms with Crippen LogP contribution < -0.4 is 5.73 Å². The fourth-order valence-electron chi connectivity index (χ4n) is 1.60. The van der Waals surface area contributed by atoms with Gasteiger partial charge in [0, 0.05) is 0 Å². The van der Waals surface area contributed by atoms with Gasteiger partial charge in [0.1, 0.15) is 0 Å². The minimum Gasteiger partial charge on any atom is -0.481 e. The number of rotatable bonds is 7. The first-order valence-electron chi connectivity index (χ1n) is 5.03. The molecule has 4 nitrogen and oxygen atoms in total. The van der Waals surface area contributed by atoms with Crippen molar-refractivity contribution in [3.05, 3.63) is 12.7 Å². The van der Waals surface area contributed by atoms with E-state index in [0.29, 0.717) is 6.42 Å². The normalized spacial score (nSPS) is 14.6. The van der Waals surface area contributed by atoms with Crippen LogP contribution in [0.3, 0.4) is 0 Å². The second kappa shape index (κ2) is 6.22. The van der Waals surface area contributed by atoms with Crippen molar-refractivity contribution >= 4 is 11.9 Å². The Labute approximate surface area is 90.2 Å². The van der Waals surface area contributed by atoms with Gasteiger partial charge in [0.05, 0.1) is 11.8 Å². The lowest BCUT2D eigenvalue weighted by molar-refractivity contribution is -0.146. The smallest absolute Gasteiger partial charge is 0.307 e. The molecule has 0 aromatic carbocycles. The van der Waals surface area contributed by atoms with Crippen LogP contribution in [0.25, 0.3) is 0 Å². The molecule has 0 saturated heterocycles. The van der Waals surface area contributed by atoms with Gasteiger partial charge in [-0.05, 0) is 18.8 Å². The number of hydrogen-bond donors (Lipinski definition) is 2. The Morgan fingerprint density at radius 3 is 2.20 bits per heavy atom. The molecule has 4 heteroatoms. The van der Waals surface area contributed by atoms with Crippen molar-refractivity contribution in [2.75, 3.05) is 0 Å². The summed E-state index contributed by atoms with van der Waals surface area (Å²) in [6.45, 7) is 7.35. The fourth-order valence-corrected chi connectivity index (χ4v) is 1.60. The first-order chi connectivity index (χ1) is 6.90. The Bertz CT molecular complexity index is 248. The van der Waals surface area contributed by atoms with E-state index in [1.54, 1.807) is 0 Å². The first kappa shape index (κ1) is 13.7. The summed E-state index contributed by atoms with van der Waals surface area (Å²) in [6.07, 6.45) is 2.28. The highest BCUT2D eigenvalue weighted by Gasteiger charge is 2.31. The standard InChI is InChI=1S/C11H19NO3/c1-4-5-8(11(14)15)9(10(12)13)6-7(2)3/h4,7-9H,1,5-6H2,2-3H3,(H2,12,13)(H,14,15)/t8-,9+/m0/s1. The van der Waals surface area contributed by atoms with Gasteiger partial charge >= 0.3 is 5.97 Å². The largest absolute Gasteiger partial charge is 0.481 e. The van der Waals surface area contributed by atoms with Crippen molar-refractivity contribution in [1.29, 1.82) is 0 Å². The lowest BCUT2D eigenvalue weighted by Crippen LogP contribution is -2.35. The second-order valence-electron chi connectivity index (χ2n) is 4.11. The van der Waals surface area contributed by atoms with E-state index in [1.807, 2.05) is 13.8 Å². The maximum absolute atomic E-state index is 11.2. The molecule has 0 aliphatic heterocycles. The van der Waals surface area contributed by atoms with Crippen molar-refractivity contribution < 1.29 is 14.7 Å². The zero-order valence-corrected chi connectivity index (χ0v) is 9.27. The van der Waals surface area contributed by atoms with Gasteiger partial charge in [-0.2, -0.15) is 0 Å². The summed E-state index contributed by atoms with van der Waals surface area (Å²) in [4.78, 5) is 22.1. The third kappa shape index (κ3) is 4.63. The SMILES string of the molecule is C=CC[C@H](C(=O)O)[C@@H](CC(C)C)C(N)=O. The monoisotopic (exact) mass is 213 g/mol. The van der Waals surface area contributed by atoms with Crippen LogP contribution in [0.2, 0.25) is 0 Å². The highest BCUT2D eigenvalue weighted by atomic mass is 16.4. The molecule has 2 atom stereocenters. The lowest BCUT2D eigenvalue weighted by atomic mass is 9.83. The van der Waals surface area contributed by atoms with Crippen molar-refractivity contribution in [3.63, 3.8) is 0 Å². The molecular formula is C11H19NO3. The molecule has 0 aromatic heterocycles. The third-order valence-electron chi connectivity index (χ3n) is 2.31. The molecule has 0 radical (unpaired) electrons. The predicted octanol–water partition coefficient (Wildman–Crippen LogP) is 1.41. The maximum atomic E-state index is 11.2. The van der Waals surface area contributed by atoms with E-state index in [2.05, 4.69) is 6.58 Å². The van der Waals surface area contributed by atoms with E-state index in [9.17, 15) is 9.59 Å². The quantitative estimate of drug-likeness (QED) is 0.627. The van der Waals surface area contributed by atoms with Gasteiger partial charge in [0.25, 0.3) is 0 Å². The van der Waals surface area contributed by atoms with Crippen LogP contribution in [-0.4, -0.2) is 17.0 Å². The number of primary amides is 1. The minimum atomic E-state index is -0.987. The van der Waals surface area contributed by atoms with Gasteiger partial charge < -0.3 is 10.8 Å². The summed E-state index contributed by atoms with van der Waals surface area (Å²) < 4.78 is 0. The van der Waals surface area contributed by atoms with Crippen LogP contribution >= 0.6 is 0 Å². The van der Waals surface area contributed by atoms with Gasteiger partial charge in [0.15, 0.2) is 0 Å². The van der Waals surface area contributed by atoms with Crippen molar-refractivity contribution in [2.45, 2.75) is 26.7 Å². The Hall–Kier alpha value is -1.32. The average molecular weight is 213 g/mol. The summed E-state index contributed by atoms with van der Waals surface area (Å²) in [6, 6.07) is 0. The molecule has 0 saturated carbocycles. The average Bonchev–Trinajstić information content (AvgIpc) is 2.09. The first-order valence-corrected chi connectivity index (χ1v) is 5.03. The summed E-state index contributed by atoms with van der Waals surface area (Å²) in [5, 5.41) is 8.98. The number of hydrogen-bond acceptors (Lipinski definition) is 2. The molecule has 1 amide bonds. The van der Waals surface area contributed by atoms with E-state index < -0.39 is 23.7 Å². The Morgan fingerprint density at radius 2 is 1.93 bits per heavy atom. The van der Waals surface area contributed by atoms with Crippen molar-refractivity contribution in [2.24, 2.45) is 23.5 Å². The number of carbonyl (C=O) groups is 2. The number of carbonyl (C=O) groups excluding carboxylic acids is 1. The number of aliphatic carboxylic acids is 1. The summed E-state index contributed by atoms with van der Waals surface area (Å²) in [5.74, 6) is -2.64. The highest BCUT2D eigenvalue weighted by molar-refractivity contribution is 5.83.